The molecule has 6 heteroatoms. The molecule has 1 N–H and O–H groups in total. The van der Waals surface area contributed by atoms with Gasteiger partial charge in [-0.2, -0.15) is 0 Å². The monoisotopic (exact) mass is 341 g/mol. The van der Waals surface area contributed by atoms with Crippen molar-refractivity contribution in [2.24, 2.45) is 0 Å². The highest BCUT2D eigenvalue weighted by Crippen LogP contribution is 2.19. The number of anilines is 1. The van der Waals surface area contributed by atoms with Crippen molar-refractivity contribution >= 4 is 23.3 Å². The predicted octanol–water partition coefficient (Wildman–Crippen LogP) is 3.08. The Bertz CT molecular complexity index is 785. The highest BCUT2D eigenvalue weighted by molar-refractivity contribution is 6.04. The van der Waals surface area contributed by atoms with Crippen LogP contribution in [0.25, 0.3) is 0 Å². The molecule has 0 atom stereocenters. The van der Waals surface area contributed by atoms with Gasteiger partial charge in [-0.25, -0.2) is 4.79 Å². The number of nitrogens with one attached hydrogen (secondary N) is 1. The van der Waals surface area contributed by atoms with Crippen LogP contribution < -0.4 is 10.1 Å². The van der Waals surface area contributed by atoms with Gasteiger partial charge in [-0.3, -0.25) is 9.59 Å². The van der Waals surface area contributed by atoms with Gasteiger partial charge in [-0.1, -0.05) is 24.3 Å². The standard InChI is InChI=1S/C19H19NO5/c1-3-24-17-11-7-5-9-15(17)19(23)25-12-18(22)20-16-10-6-4-8-14(16)13(2)21/h4-11H,3,12H2,1-2H3,(H,20,22). The molecule has 0 saturated heterocycles. The molecule has 2 aromatic rings. The molecule has 0 spiro atoms. The highest BCUT2D eigenvalue weighted by Gasteiger charge is 2.16. The first-order valence-corrected chi connectivity index (χ1v) is 7.81. The number of rotatable bonds is 7. The quantitative estimate of drug-likeness (QED) is 0.618. The van der Waals surface area contributed by atoms with Crippen molar-refractivity contribution in [1.29, 1.82) is 0 Å². The third kappa shape index (κ3) is 4.91. The number of hydrogen-bond acceptors (Lipinski definition) is 5. The van der Waals surface area contributed by atoms with E-state index in [2.05, 4.69) is 5.32 Å². The number of carbonyl (C=O) groups is 3. The third-order valence-electron chi connectivity index (χ3n) is 3.32. The minimum atomic E-state index is -0.654. The molecular formula is C19H19NO5. The molecule has 1 amide bonds. The number of benzene rings is 2. The number of amides is 1. The lowest BCUT2D eigenvalue weighted by atomic mass is 10.1. The SMILES string of the molecule is CCOc1ccccc1C(=O)OCC(=O)Nc1ccccc1C(C)=O. The van der Waals surface area contributed by atoms with Crippen LogP contribution in [0, 0.1) is 0 Å². The van der Waals surface area contributed by atoms with Crippen molar-refractivity contribution in [2.45, 2.75) is 13.8 Å². The van der Waals surface area contributed by atoms with E-state index >= 15 is 0 Å². The van der Waals surface area contributed by atoms with Gasteiger partial charge in [0.2, 0.25) is 0 Å². The van der Waals surface area contributed by atoms with Crippen molar-refractivity contribution in [3.8, 4) is 5.75 Å². The Hall–Kier alpha value is -3.15. The molecule has 0 unspecified atom stereocenters. The number of hydrogen-bond donors (Lipinski definition) is 1. The Balaban J connectivity index is 1.99. The van der Waals surface area contributed by atoms with Gasteiger partial charge in [0.25, 0.3) is 5.91 Å². The number of ketones is 1. The smallest absolute Gasteiger partial charge is 0.342 e. The molecular weight excluding hydrogens is 322 g/mol. The van der Waals surface area contributed by atoms with E-state index in [0.717, 1.165) is 0 Å². The summed E-state index contributed by atoms with van der Waals surface area (Å²) in [7, 11) is 0. The van der Waals surface area contributed by atoms with Gasteiger partial charge in [-0.15, -0.1) is 0 Å². The van der Waals surface area contributed by atoms with Gasteiger partial charge in [0, 0.05) is 5.56 Å². The maximum Gasteiger partial charge on any atom is 0.342 e. The normalized spacial score (nSPS) is 10.0. The number of ether oxygens (including phenoxy) is 2. The van der Waals surface area contributed by atoms with Gasteiger partial charge in [0.15, 0.2) is 12.4 Å². The molecule has 6 nitrogen and oxygen atoms in total. The van der Waals surface area contributed by atoms with Crippen LogP contribution >= 0.6 is 0 Å². The largest absolute Gasteiger partial charge is 0.493 e. The summed E-state index contributed by atoms with van der Waals surface area (Å²) in [6.45, 7) is 3.16. The molecule has 0 aliphatic heterocycles. The minimum absolute atomic E-state index is 0.168. The molecule has 0 bridgehead atoms. The van der Waals surface area contributed by atoms with E-state index in [1.165, 1.54) is 6.92 Å². The molecule has 0 aliphatic rings. The second kappa shape index (κ2) is 8.63. The van der Waals surface area contributed by atoms with Crippen molar-refractivity contribution in [1.82, 2.24) is 0 Å². The fourth-order valence-electron chi connectivity index (χ4n) is 2.21. The lowest BCUT2D eigenvalue weighted by molar-refractivity contribution is -0.119. The van der Waals surface area contributed by atoms with Crippen LogP contribution in [0.1, 0.15) is 34.6 Å². The molecule has 25 heavy (non-hydrogen) atoms. The molecule has 0 aliphatic carbocycles. The molecule has 0 fully saturated rings. The Morgan fingerprint density at radius 1 is 0.960 bits per heavy atom. The van der Waals surface area contributed by atoms with Gasteiger partial charge in [0.1, 0.15) is 11.3 Å². The third-order valence-corrected chi connectivity index (χ3v) is 3.32. The summed E-state index contributed by atoms with van der Waals surface area (Å²) in [6.07, 6.45) is 0. The van der Waals surface area contributed by atoms with E-state index in [-0.39, 0.29) is 11.3 Å². The van der Waals surface area contributed by atoms with Crippen LogP contribution in [0.5, 0.6) is 5.75 Å². The van der Waals surface area contributed by atoms with E-state index in [0.29, 0.717) is 23.6 Å². The average molecular weight is 341 g/mol. The van der Waals surface area contributed by atoms with Gasteiger partial charge in [0.05, 0.1) is 12.3 Å². The van der Waals surface area contributed by atoms with Gasteiger partial charge >= 0.3 is 5.97 Å². The Morgan fingerprint density at radius 2 is 1.60 bits per heavy atom. The van der Waals surface area contributed by atoms with Crippen molar-refractivity contribution in [2.75, 3.05) is 18.5 Å². The second-order valence-corrected chi connectivity index (χ2v) is 5.16. The molecule has 0 aromatic heterocycles. The molecule has 2 aromatic carbocycles. The number of carbonyl (C=O) groups excluding carboxylic acids is 3. The van der Waals surface area contributed by atoms with E-state index in [9.17, 15) is 14.4 Å². The van der Waals surface area contributed by atoms with Crippen LogP contribution in [-0.2, 0) is 9.53 Å². The first kappa shape index (κ1) is 18.2. The van der Waals surface area contributed by atoms with Gasteiger partial charge < -0.3 is 14.8 Å². The number of esters is 1. The molecule has 0 saturated carbocycles. The zero-order chi connectivity index (χ0) is 18.2. The summed E-state index contributed by atoms with van der Waals surface area (Å²) in [5.41, 5.74) is 1.02. The summed E-state index contributed by atoms with van der Waals surface area (Å²) >= 11 is 0. The summed E-state index contributed by atoms with van der Waals surface area (Å²) in [6, 6.07) is 13.3. The fourth-order valence-corrected chi connectivity index (χ4v) is 2.21. The fraction of sp³-hybridized carbons (Fsp3) is 0.211. The Labute approximate surface area is 145 Å². The lowest BCUT2D eigenvalue weighted by Crippen LogP contribution is -2.22. The summed E-state index contributed by atoms with van der Waals surface area (Å²) in [5.74, 6) is -0.953. The van der Waals surface area contributed by atoms with Gasteiger partial charge in [-0.05, 0) is 38.1 Å². The first-order chi connectivity index (χ1) is 12.0. The van der Waals surface area contributed by atoms with E-state index in [1.54, 1.807) is 48.5 Å². The van der Waals surface area contributed by atoms with Crippen LogP contribution in [0.2, 0.25) is 0 Å². The summed E-state index contributed by atoms with van der Waals surface area (Å²) < 4.78 is 10.4. The predicted molar refractivity (Wildman–Crippen MR) is 93.0 cm³/mol. The van der Waals surface area contributed by atoms with Crippen molar-refractivity contribution < 1.29 is 23.9 Å². The van der Waals surface area contributed by atoms with Crippen LogP contribution in [0.4, 0.5) is 5.69 Å². The molecule has 0 heterocycles. The van der Waals surface area contributed by atoms with E-state index < -0.39 is 18.5 Å². The van der Waals surface area contributed by atoms with E-state index in [1.807, 2.05) is 6.92 Å². The first-order valence-electron chi connectivity index (χ1n) is 7.81. The number of Topliss-reactive ketones (excluding diaryl/α,β-unsaturated/α-hetero) is 1. The molecule has 130 valence electrons. The maximum absolute atomic E-state index is 12.1. The van der Waals surface area contributed by atoms with Crippen molar-refractivity contribution in [3.05, 3.63) is 59.7 Å². The van der Waals surface area contributed by atoms with Crippen molar-refractivity contribution in [3.63, 3.8) is 0 Å². The maximum atomic E-state index is 12.1. The topological polar surface area (TPSA) is 81.7 Å². The summed E-state index contributed by atoms with van der Waals surface area (Å²) in [5, 5.41) is 2.57. The van der Waals surface area contributed by atoms with E-state index in [4.69, 9.17) is 9.47 Å². The van der Waals surface area contributed by atoms with Crippen LogP contribution in [0.3, 0.4) is 0 Å². The number of para-hydroxylation sites is 2. The van der Waals surface area contributed by atoms with Crippen LogP contribution in [0.15, 0.2) is 48.5 Å². The summed E-state index contributed by atoms with van der Waals surface area (Å²) in [4.78, 5) is 35.7. The Morgan fingerprint density at radius 3 is 2.28 bits per heavy atom. The lowest BCUT2D eigenvalue weighted by Gasteiger charge is -2.11. The highest BCUT2D eigenvalue weighted by atomic mass is 16.5. The zero-order valence-corrected chi connectivity index (χ0v) is 14.1. The van der Waals surface area contributed by atoms with Crippen LogP contribution in [-0.4, -0.2) is 30.9 Å². The average Bonchev–Trinajstić information content (AvgIpc) is 2.61. The minimum Gasteiger partial charge on any atom is -0.493 e. The zero-order valence-electron chi connectivity index (χ0n) is 14.1. The Kier molecular flexibility index (Phi) is 6.28. The molecule has 0 radical (unpaired) electrons. The second-order valence-electron chi connectivity index (χ2n) is 5.16. The molecule has 2 rings (SSSR count).